The summed E-state index contributed by atoms with van der Waals surface area (Å²) in [6.07, 6.45) is 0.840. The van der Waals surface area contributed by atoms with Crippen LogP contribution in [-0.2, 0) is 16.1 Å². The smallest absolute Gasteiger partial charge is 0.235 e. The first-order valence-corrected chi connectivity index (χ1v) is 7.42. The van der Waals surface area contributed by atoms with Gasteiger partial charge < -0.3 is 10.6 Å². The zero-order chi connectivity index (χ0) is 16.0. The summed E-state index contributed by atoms with van der Waals surface area (Å²) in [5.74, 6) is -0.497. The molecule has 1 rings (SSSR count). The van der Waals surface area contributed by atoms with E-state index >= 15 is 0 Å². The summed E-state index contributed by atoms with van der Waals surface area (Å²) in [4.78, 5) is 24.4. The van der Waals surface area contributed by atoms with E-state index in [1.54, 1.807) is 13.8 Å². The van der Waals surface area contributed by atoms with Crippen LogP contribution in [0.1, 0.15) is 45.2 Å². The molecule has 1 aromatic carbocycles. The molecule has 21 heavy (non-hydrogen) atoms. The van der Waals surface area contributed by atoms with Crippen LogP contribution in [0.4, 0.5) is 0 Å². The standard InChI is InChI=1S/C17H26N2O2/c1-6-13(3)19-16(21)17(4,5)15(20)18-11-14-9-7-8-12(2)10-14/h7-10,13H,6,11H2,1-5H3,(H,18,20)(H,19,21). The van der Waals surface area contributed by atoms with Crippen molar-refractivity contribution in [2.24, 2.45) is 5.41 Å². The average molecular weight is 290 g/mol. The topological polar surface area (TPSA) is 58.2 Å². The van der Waals surface area contributed by atoms with Crippen molar-refractivity contribution in [3.05, 3.63) is 35.4 Å². The molecule has 0 saturated carbocycles. The Balaban J connectivity index is 2.62. The molecule has 0 aliphatic heterocycles. The van der Waals surface area contributed by atoms with Gasteiger partial charge >= 0.3 is 0 Å². The molecule has 4 heteroatoms. The first-order valence-electron chi connectivity index (χ1n) is 7.42. The molecule has 2 amide bonds. The fraction of sp³-hybridized carbons (Fsp3) is 0.529. The maximum atomic E-state index is 12.3. The lowest BCUT2D eigenvalue weighted by Crippen LogP contribution is -2.49. The van der Waals surface area contributed by atoms with Crippen LogP contribution in [0.2, 0.25) is 0 Å². The number of amides is 2. The van der Waals surface area contributed by atoms with Gasteiger partial charge in [0.05, 0.1) is 0 Å². The van der Waals surface area contributed by atoms with Crippen molar-refractivity contribution >= 4 is 11.8 Å². The Hall–Kier alpha value is -1.84. The van der Waals surface area contributed by atoms with Crippen molar-refractivity contribution in [1.82, 2.24) is 10.6 Å². The maximum absolute atomic E-state index is 12.3. The first kappa shape index (κ1) is 17.2. The zero-order valence-electron chi connectivity index (χ0n) is 13.6. The quantitative estimate of drug-likeness (QED) is 0.791. The predicted molar refractivity (Wildman–Crippen MR) is 84.7 cm³/mol. The molecule has 0 spiro atoms. The van der Waals surface area contributed by atoms with Crippen molar-refractivity contribution in [3.8, 4) is 0 Å². The van der Waals surface area contributed by atoms with E-state index in [4.69, 9.17) is 0 Å². The molecular weight excluding hydrogens is 264 g/mol. The molecule has 0 fully saturated rings. The summed E-state index contributed by atoms with van der Waals surface area (Å²) in [5, 5.41) is 5.70. The van der Waals surface area contributed by atoms with Crippen LogP contribution in [-0.4, -0.2) is 17.9 Å². The van der Waals surface area contributed by atoms with Crippen molar-refractivity contribution in [3.63, 3.8) is 0 Å². The fourth-order valence-corrected chi connectivity index (χ4v) is 1.83. The van der Waals surface area contributed by atoms with E-state index in [9.17, 15) is 9.59 Å². The molecule has 0 bridgehead atoms. The van der Waals surface area contributed by atoms with E-state index in [-0.39, 0.29) is 17.9 Å². The normalized spacial score (nSPS) is 12.6. The number of benzene rings is 1. The highest BCUT2D eigenvalue weighted by Crippen LogP contribution is 2.16. The van der Waals surface area contributed by atoms with Gasteiger partial charge in [0.15, 0.2) is 0 Å². The minimum Gasteiger partial charge on any atom is -0.353 e. The highest BCUT2D eigenvalue weighted by Gasteiger charge is 2.36. The van der Waals surface area contributed by atoms with Gasteiger partial charge in [0.2, 0.25) is 11.8 Å². The predicted octanol–water partition coefficient (Wildman–Crippen LogP) is 2.55. The van der Waals surface area contributed by atoms with Crippen molar-refractivity contribution in [2.45, 2.75) is 53.6 Å². The SMILES string of the molecule is CCC(C)NC(=O)C(C)(C)C(=O)NCc1cccc(C)c1. The molecule has 1 aromatic rings. The van der Waals surface area contributed by atoms with Gasteiger partial charge in [-0.2, -0.15) is 0 Å². The molecular formula is C17H26N2O2. The Labute approximate surface area is 127 Å². The lowest BCUT2D eigenvalue weighted by molar-refractivity contribution is -0.141. The molecule has 0 aromatic heterocycles. The molecule has 0 saturated heterocycles. The van der Waals surface area contributed by atoms with E-state index < -0.39 is 5.41 Å². The van der Waals surface area contributed by atoms with Gasteiger partial charge in [-0.3, -0.25) is 9.59 Å². The second kappa shape index (κ2) is 7.25. The number of aryl methyl sites for hydroxylation is 1. The van der Waals surface area contributed by atoms with E-state index in [1.165, 1.54) is 0 Å². The van der Waals surface area contributed by atoms with Gasteiger partial charge in [-0.25, -0.2) is 0 Å². The Morgan fingerprint density at radius 2 is 1.90 bits per heavy atom. The van der Waals surface area contributed by atoms with Crippen LogP contribution in [0.3, 0.4) is 0 Å². The van der Waals surface area contributed by atoms with Gasteiger partial charge in [0.25, 0.3) is 0 Å². The van der Waals surface area contributed by atoms with Crippen LogP contribution < -0.4 is 10.6 Å². The lowest BCUT2D eigenvalue weighted by Gasteiger charge is -2.24. The Morgan fingerprint density at radius 3 is 2.48 bits per heavy atom. The lowest BCUT2D eigenvalue weighted by atomic mass is 9.90. The van der Waals surface area contributed by atoms with Crippen molar-refractivity contribution in [1.29, 1.82) is 0 Å². The summed E-state index contributed by atoms with van der Waals surface area (Å²) in [6.45, 7) is 9.66. The van der Waals surface area contributed by atoms with Gasteiger partial charge in [0.1, 0.15) is 5.41 Å². The van der Waals surface area contributed by atoms with Gasteiger partial charge in [-0.15, -0.1) is 0 Å². The van der Waals surface area contributed by atoms with Crippen LogP contribution >= 0.6 is 0 Å². The van der Waals surface area contributed by atoms with E-state index in [2.05, 4.69) is 10.6 Å². The average Bonchev–Trinajstić information content (AvgIpc) is 2.44. The Kier molecular flexibility index (Phi) is 5.94. The number of carbonyl (C=O) groups excluding carboxylic acids is 2. The monoisotopic (exact) mass is 290 g/mol. The molecule has 0 aliphatic carbocycles. The molecule has 116 valence electrons. The van der Waals surface area contributed by atoms with Gasteiger partial charge in [0, 0.05) is 12.6 Å². The zero-order valence-corrected chi connectivity index (χ0v) is 13.6. The number of carbonyl (C=O) groups is 2. The third kappa shape index (κ3) is 4.88. The Morgan fingerprint density at radius 1 is 1.24 bits per heavy atom. The number of hydrogen-bond acceptors (Lipinski definition) is 2. The third-order valence-electron chi connectivity index (χ3n) is 3.66. The van der Waals surface area contributed by atoms with E-state index in [0.29, 0.717) is 6.54 Å². The molecule has 1 atom stereocenters. The molecule has 0 heterocycles. The highest BCUT2D eigenvalue weighted by molar-refractivity contribution is 6.04. The number of nitrogens with one attached hydrogen (secondary N) is 2. The maximum Gasteiger partial charge on any atom is 0.235 e. The summed E-state index contributed by atoms with van der Waals surface area (Å²) in [5.41, 5.74) is 1.10. The minimum absolute atomic E-state index is 0.0707. The van der Waals surface area contributed by atoms with Gasteiger partial charge in [-0.05, 0) is 39.7 Å². The van der Waals surface area contributed by atoms with Crippen LogP contribution in [0.5, 0.6) is 0 Å². The summed E-state index contributed by atoms with van der Waals surface area (Å²) in [6, 6.07) is 8.01. The largest absolute Gasteiger partial charge is 0.353 e. The third-order valence-corrected chi connectivity index (χ3v) is 3.66. The second-order valence-corrected chi connectivity index (χ2v) is 6.08. The fourth-order valence-electron chi connectivity index (χ4n) is 1.83. The van der Waals surface area contributed by atoms with E-state index in [1.807, 2.05) is 45.0 Å². The summed E-state index contributed by atoms with van der Waals surface area (Å²) >= 11 is 0. The Bertz CT molecular complexity index is 509. The van der Waals surface area contributed by atoms with Crippen molar-refractivity contribution < 1.29 is 9.59 Å². The molecule has 0 aliphatic rings. The molecule has 4 nitrogen and oxygen atoms in total. The highest BCUT2D eigenvalue weighted by atomic mass is 16.2. The molecule has 2 N–H and O–H groups in total. The summed E-state index contributed by atoms with van der Waals surface area (Å²) in [7, 11) is 0. The van der Waals surface area contributed by atoms with Crippen LogP contribution in [0, 0.1) is 12.3 Å². The van der Waals surface area contributed by atoms with Crippen LogP contribution in [0.25, 0.3) is 0 Å². The molecule has 0 radical (unpaired) electrons. The second-order valence-electron chi connectivity index (χ2n) is 6.08. The molecule has 1 unspecified atom stereocenters. The first-order chi connectivity index (χ1) is 9.77. The minimum atomic E-state index is -1.08. The van der Waals surface area contributed by atoms with Crippen LogP contribution in [0.15, 0.2) is 24.3 Å². The van der Waals surface area contributed by atoms with Gasteiger partial charge in [-0.1, -0.05) is 36.8 Å². The van der Waals surface area contributed by atoms with E-state index in [0.717, 1.165) is 17.5 Å². The number of rotatable bonds is 6. The summed E-state index contributed by atoms with van der Waals surface area (Å²) < 4.78 is 0. The van der Waals surface area contributed by atoms with Crippen molar-refractivity contribution in [2.75, 3.05) is 0 Å². The number of hydrogen-bond donors (Lipinski definition) is 2.